The van der Waals surface area contributed by atoms with Gasteiger partial charge in [-0.2, -0.15) is 0 Å². The Kier molecular flexibility index (Phi) is 24.1. The van der Waals surface area contributed by atoms with Crippen LogP contribution in [0.15, 0.2) is 24.3 Å². The summed E-state index contributed by atoms with van der Waals surface area (Å²) in [5, 5.41) is 0. The zero-order chi connectivity index (χ0) is 20.5. The highest BCUT2D eigenvalue weighted by atomic mass is 14.1. The van der Waals surface area contributed by atoms with Gasteiger partial charge in [-0.3, -0.25) is 0 Å². The van der Waals surface area contributed by atoms with Crippen molar-refractivity contribution in [2.75, 3.05) is 0 Å². The second-order valence-electron chi connectivity index (χ2n) is 8.84. The quantitative estimate of drug-likeness (QED) is 0.127. The van der Waals surface area contributed by atoms with Crippen molar-refractivity contribution in [3.63, 3.8) is 0 Å². The monoisotopic (exact) mass is 390 g/mol. The molecule has 0 aliphatic heterocycles. The van der Waals surface area contributed by atoms with E-state index in [9.17, 15) is 0 Å². The Labute approximate surface area is 179 Å². The lowest BCUT2D eigenvalue weighted by Crippen LogP contribution is -1.92. The van der Waals surface area contributed by atoms with E-state index in [1.54, 1.807) is 0 Å². The molecule has 0 radical (unpaired) electrons. The lowest BCUT2D eigenvalue weighted by molar-refractivity contribution is 0.557. The Bertz CT molecular complexity index is 325. The molecule has 0 nitrogen and oxygen atoms in total. The van der Waals surface area contributed by atoms with Gasteiger partial charge in [0, 0.05) is 0 Å². The summed E-state index contributed by atoms with van der Waals surface area (Å²) in [5.74, 6) is 0.681. The average molecular weight is 391 g/mol. The molecule has 0 aliphatic rings. The maximum absolute atomic E-state index is 2.51. The van der Waals surface area contributed by atoms with Crippen molar-refractivity contribution < 1.29 is 0 Å². The molecular formula is C28H54. The maximum atomic E-state index is 2.51. The maximum Gasteiger partial charge on any atom is -0.00535 e. The van der Waals surface area contributed by atoms with Crippen molar-refractivity contribution >= 4 is 0 Å². The molecule has 0 aliphatic carbocycles. The van der Waals surface area contributed by atoms with Gasteiger partial charge in [-0.05, 0) is 38.0 Å². The van der Waals surface area contributed by atoms with E-state index in [0.717, 1.165) is 0 Å². The molecule has 0 heterocycles. The summed E-state index contributed by atoms with van der Waals surface area (Å²) in [6, 6.07) is 0. The Hall–Kier alpha value is -0.520. The second-order valence-corrected chi connectivity index (χ2v) is 8.84. The summed E-state index contributed by atoms with van der Waals surface area (Å²) in [7, 11) is 0. The van der Waals surface area contributed by atoms with Crippen molar-refractivity contribution in [1.82, 2.24) is 0 Å². The first-order chi connectivity index (χ1) is 13.8. The molecule has 0 amide bonds. The third-order valence-electron chi connectivity index (χ3n) is 5.86. The summed E-state index contributed by atoms with van der Waals surface area (Å²) in [6.07, 6.45) is 37.8. The standard InChI is InChI=1S/C28H54/c1-4-7-10-12-14-15-16-17-18-19-21-24-27-28(25-22-9-6-3)26-23-20-13-11-8-5-2/h23-24,26-28H,4-22,25H2,1-3H3. The zero-order valence-electron chi connectivity index (χ0n) is 20.0. The average Bonchev–Trinajstić information content (AvgIpc) is 2.71. The molecule has 0 aromatic heterocycles. The van der Waals surface area contributed by atoms with E-state index in [0.29, 0.717) is 5.92 Å². The Morgan fingerprint density at radius 3 is 1.25 bits per heavy atom. The Morgan fingerprint density at radius 2 is 0.786 bits per heavy atom. The minimum Gasteiger partial charge on any atom is -0.0879 e. The highest BCUT2D eigenvalue weighted by Gasteiger charge is 2.00. The van der Waals surface area contributed by atoms with Crippen LogP contribution in [-0.4, -0.2) is 0 Å². The third kappa shape index (κ3) is 21.8. The largest absolute Gasteiger partial charge is 0.0879 e. The van der Waals surface area contributed by atoms with Crippen LogP contribution in [0.4, 0.5) is 0 Å². The van der Waals surface area contributed by atoms with Gasteiger partial charge in [0.1, 0.15) is 0 Å². The van der Waals surface area contributed by atoms with Crippen molar-refractivity contribution in [2.24, 2.45) is 5.92 Å². The van der Waals surface area contributed by atoms with Crippen LogP contribution < -0.4 is 0 Å². The van der Waals surface area contributed by atoms with Crippen LogP contribution >= 0.6 is 0 Å². The molecule has 0 aromatic rings. The molecule has 0 saturated carbocycles. The van der Waals surface area contributed by atoms with Gasteiger partial charge in [0.2, 0.25) is 0 Å². The lowest BCUT2D eigenvalue weighted by Gasteiger charge is -2.08. The van der Waals surface area contributed by atoms with E-state index < -0.39 is 0 Å². The van der Waals surface area contributed by atoms with Crippen molar-refractivity contribution in [3.8, 4) is 0 Å². The van der Waals surface area contributed by atoms with Gasteiger partial charge < -0.3 is 0 Å². The SMILES string of the molecule is CCCCCCC=CC(C=CCCCCCCCCCCCC)CCCCC. The summed E-state index contributed by atoms with van der Waals surface area (Å²) in [6.45, 7) is 6.89. The number of rotatable bonds is 22. The van der Waals surface area contributed by atoms with E-state index in [-0.39, 0.29) is 0 Å². The number of hydrogen-bond donors (Lipinski definition) is 0. The minimum absolute atomic E-state index is 0.681. The molecule has 1 atom stereocenters. The summed E-state index contributed by atoms with van der Waals surface area (Å²) in [5.41, 5.74) is 0. The first-order valence-electron chi connectivity index (χ1n) is 13.2. The molecule has 0 aromatic carbocycles. The summed E-state index contributed by atoms with van der Waals surface area (Å²) in [4.78, 5) is 0. The predicted molar refractivity (Wildman–Crippen MR) is 131 cm³/mol. The van der Waals surface area contributed by atoms with Gasteiger partial charge in [-0.25, -0.2) is 0 Å². The molecule has 28 heavy (non-hydrogen) atoms. The molecule has 0 heteroatoms. The van der Waals surface area contributed by atoms with Gasteiger partial charge in [0.05, 0.1) is 0 Å². The highest BCUT2D eigenvalue weighted by molar-refractivity contribution is 5.00. The number of hydrogen-bond acceptors (Lipinski definition) is 0. The van der Waals surface area contributed by atoms with Crippen molar-refractivity contribution in [3.05, 3.63) is 24.3 Å². The van der Waals surface area contributed by atoms with Crippen LogP contribution in [0.3, 0.4) is 0 Å². The van der Waals surface area contributed by atoms with E-state index in [1.807, 2.05) is 0 Å². The molecule has 0 N–H and O–H groups in total. The van der Waals surface area contributed by atoms with Gasteiger partial charge >= 0.3 is 0 Å². The fraction of sp³-hybridized carbons (Fsp3) is 0.857. The van der Waals surface area contributed by atoms with Crippen LogP contribution in [0.5, 0.6) is 0 Å². The van der Waals surface area contributed by atoms with E-state index in [1.165, 1.54) is 128 Å². The molecular weight excluding hydrogens is 336 g/mol. The van der Waals surface area contributed by atoms with Gasteiger partial charge in [-0.1, -0.05) is 141 Å². The van der Waals surface area contributed by atoms with E-state index in [4.69, 9.17) is 0 Å². The summed E-state index contributed by atoms with van der Waals surface area (Å²) >= 11 is 0. The highest BCUT2D eigenvalue weighted by Crippen LogP contribution is 2.16. The van der Waals surface area contributed by atoms with Crippen LogP contribution in [0.1, 0.15) is 149 Å². The molecule has 0 spiro atoms. The van der Waals surface area contributed by atoms with E-state index in [2.05, 4.69) is 45.1 Å². The van der Waals surface area contributed by atoms with Gasteiger partial charge in [0.25, 0.3) is 0 Å². The smallest absolute Gasteiger partial charge is 0.00535 e. The van der Waals surface area contributed by atoms with Crippen LogP contribution in [-0.2, 0) is 0 Å². The summed E-state index contributed by atoms with van der Waals surface area (Å²) < 4.78 is 0. The molecule has 0 bridgehead atoms. The topological polar surface area (TPSA) is 0 Å². The molecule has 166 valence electrons. The molecule has 0 saturated heterocycles. The van der Waals surface area contributed by atoms with Gasteiger partial charge in [0.15, 0.2) is 0 Å². The normalized spacial score (nSPS) is 13.1. The number of allylic oxidation sites excluding steroid dienone is 4. The number of unbranched alkanes of at least 4 members (excludes halogenated alkanes) is 16. The fourth-order valence-electron chi connectivity index (χ4n) is 3.87. The van der Waals surface area contributed by atoms with Crippen LogP contribution in [0, 0.1) is 5.92 Å². The van der Waals surface area contributed by atoms with Crippen LogP contribution in [0.2, 0.25) is 0 Å². The molecule has 0 fully saturated rings. The Balaban J connectivity index is 3.78. The van der Waals surface area contributed by atoms with Gasteiger partial charge in [-0.15, -0.1) is 0 Å². The fourth-order valence-corrected chi connectivity index (χ4v) is 3.87. The second kappa shape index (κ2) is 24.5. The van der Waals surface area contributed by atoms with Crippen LogP contribution in [0.25, 0.3) is 0 Å². The minimum atomic E-state index is 0.681. The first kappa shape index (κ1) is 27.5. The van der Waals surface area contributed by atoms with E-state index >= 15 is 0 Å². The van der Waals surface area contributed by atoms with Crippen molar-refractivity contribution in [2.45, 2.75) is 149 Å². The predicted octanol–water partition coefficient (Wildman–Crippen LogP) is 10.6. The molecule has 0 rings (SSSR count). The Morgan fingerprint density at radius 1 is 0.429 bits per heavy atom. The first-order valence-corrected chi connectivity index (χ1v) is 13.2. The lowest BCUT2D eigenvalue weighted by atomic mass is 9.98. The zero-order valence-corrected chi connectivity index (χ0v) is 20.0. The molecule has 1 unspecified atom stereocenters. The third-order valence-corrected chi connectivity index (χ3v) is 5.86. The van der Waals surface area contributed by atoms with Crippen molar-refractivity contribution in [1.29, 1.82) is 0 Å².